The second-order valence-corrected chi connectivity index (χ2v) is 14.5. The van der Waals surface area contributed by atoms with Crippen molar-refractivity contribution in [3.05, 3.63) is 59.2 Å². The molecule has 0 radical (unpaired) electrons. The third-order valence-electron chi connectivity index (χ3n) is 9.67. The van der Waals surface area contributed by atoms with E-state index in [1.165, 1.54) is 5.56 Å². The Hall–Kier alpha value is -2.46. The Kier molecular flexibility index (Phi) is 11.3. The molecule has 1 N–H and O–H groups in total. The zero-order chi connectivity index (χ0) is 31.2. The van der Waals surface area contributed by atoms with Gasteiger partial charge in [0.2, 0.25) is 15.9 Å². The van der Waals surface area contributed by atoms with E-state index in [2.05, 4.69) is 54.6 Å². The molecule has 2 atom stereocenters. The van der Waals surface area contributed by atoms with Crippen LogP contribution in [0.25, 0.3) is 0 Å². The lowest BCUT2D eigenvalue weighted by Crippen LogP contribution is -2.47. The maximum Gasteiger partial charge on any atom is 0.248 e. The zero-order valence-corrected chi connectivity index (χ0v) is 27.7. The third kappa shape index (κ3) is 7.62. The van der Waals surface area contributed by atoms with E-state index in [1.54, 1.807) is 44.3 Å². The molecule has 1 aliphatic carbocycles. The average Bonchev–Trinajstić information content (AvgIpc) is 3.00. The molecule has 0 aromatic heterocycles. The summed E-state index contributed by atoms with van der Waals surface area (Å²) in [4.78, 5) is 15.6. The number of hydrogen-bond acceptors (Lipinski definition) is 6. The summed E-state index contributed by atoms with van der Waals surface area (Å²) in [7, 11) is 2.21. The molecule has 2 unspecified atom stereocenters. The van der Waals surface area contributed by atoms with Crippen LogP contribution in [-0.4, -0.2) is 76.6 Å². The van der Waals surface area contributed by atoms with Gasteiger partial charge in [0.1, 0.15) is 11.9 Å². The predicted octanol–water partition coefficient (Wildman–Crippen LogP) is 5.41. The minimum atomic E-state index is -3.73. The molecular weight excluding hydrogens is 562 g/mol. The molecule has 2 aromatic carbocycles. The molecule has 1 amide bonds. The Labute approximate surface area is 259 Å². The van der Waals surface area contributed by atoms with Gasteiger partial charge < -0.3 is 14.8 Å². The summed E-state index contributed by atoms with van der Waals surface area (Å²) in [5.74, 6) is 1.08. The SMILES string of the molecule is COc1cc(C)c(S(=O)(=O)N2CCCCC2COC(C)C(=O)NCCC2CCC(c3ccccc3)(N(C)C)CC2)c(C)c1. The molecule has 2 fully saturated rings. The van der Waals surface area contributed by atoms with E-state index in [9.17, 15) is 13.2 Å². The van der Waals surface area contributed by atoms with E-state index < -0.39 is 16.1 Å². The summed E-state index contributed by atoms with van der Waals surface area (Å²) in [6.45, 7) is 6.62. The second-order valence-electron chi connectivity index (χ2n) is 12.6. The number of hydrogen-bond donors (Lipinski definition) is 1. The van der Waals surface area contributed by atoms with E-state index in [0.717, 1.165) is 44.9 Å². The largest absolute Gasteiger partial charge is 0.497 e. The maximum atomic E-state index is 13.8. The van der Waals surface area contributed by atoms with Crippen LogP contribution in [-0.2, 0) is 25.1 Å². The molecule has 1 heterocycles. The first kappa shape index (κ1) is 33.4. The fourth-order valence-corrected chi connectivity index (χ4v) is 9.16. The summed E-state index contributed by atoms with van der Waals surface area (Å²) in [6.07, 6.45) is 7.23. The number of rotatable bonds is 12. The van der Waals surface area contributed by atoms with Gasteiger partial charge in [-0.15, -0.1) is 0 Å². The number of nitrogens with one attached hydrogen (secondary N) is 1. The van der Waals surface area contributed by atoms with Gasteiger partial charge >= 0.3 is 0 Å². The number of nitrogens with zero attached hydrogens (tertiary/aromatic N) is 2. The first-order valence-electron chi connectivity index (χ1n) is 15.8. The molecule has 1 aliphatic heterocycles. The van der Waals surface area contributed by atoms with Gasteiger partial charge in [-0.25, -0.2) is 8.42 Å². The van der Waals surface area contributed by atoms with Gasteiger partial charge in [0.05, 0.1) is 18.6 Å². The van der Waals surface area contributed by atoms with E-state index in [0.29, 0.717) is 47.2 Å². The van der Waals surface area contributed by atoms with Gasteiger partial charge in [0.15, 0.2) is 0 Å². The molecule has 43 heavy (non-hydrogen) atoms. The number of aryl methyl sites for hydroxylation is 2. The number of ether oxygens (including phenoxy) is 2. The van der Waals surface area contributed by atoms with Crippen molar-refractivity contribution < 1.29 is 22.7 Å². The van der Waals surface area contributed by atoms with Gasteiger partial charge in [0, 0.05) is 24.7 Å². The second kappa shape index (κ2) is 14.5. The fraction of sp³-hybridized carbons (Fsp3) is 0.618. The molecule has 8 nitrogen and oxygen atoms in total. The molecular formula is C34H51N3O5S. The summed E-state index contributed by atoms with van der Waals surface area (Å²) >= 11 is 0. The van der Waals surface area contributed by atoms with Crippen LogP contribution in [0.2, 0.25) is 0 Å². The highest BCUT2D eigenvalue weighted by Gasteiger charge is 2.39. The van der Waals surface area contributed by atoms with Crippen LogP contribution in [0, 0.1) is 19.8 Å². The Bertz CT molecular complexity index is 1300. The molecule has 238 valence electrons. The van der Waals surface area contributed by atoms with Crippen LogP contribution in [0.5, 0.6) is 5.75 Å². The summed E-state index contributed by atoms with van der Waals surface area (Å²) in [5, 5.41) is 3.07. The Morgan fingerprint density at radius 3 is 2.33 bits per heavy atom. The standard InChI is InChI=1S/C34H51N3O5S/c1-25-22-31(41-6)23-26(2)32(25)43(39,40)37-21-11-10-14-30(37)24-42-27(3)33(38)35-20-17-28-15-18-34(19-16-28,36(4)5)29-12-8-7-9-13-29/h7-9,12-13,22-23,27-28,30H,10-11,14-21,24H2,1-6H3,(H,35,38). The lowest BCUT2D eigenvalue weighted by atomic mass is 9.71. The molecule has 0 bridgehead atoms. The van der Waals surface area contributed by atoms with Crippen LogP contribution < -0.4 is 10.1 Å². The smallest absolute Gasteiger partial charge is 0.248 e. The minimum Gasteiger partial charge on any atom is -0.497 e. The van der Waals surface area contributed by atoms with Gasteiger partial charge in [0.25, 0.3) is 0 Å². The van der Waals surface area contributed by atoms with E-state index >= 15 is 0 Å². The van der Waals surface area contributed by atoms with Crippen LogP contribution >= 0.6 is 0 Å². The molecule has 9 heteroatoms. The first-order chi connectivity index (χ1) is 20.5. The minimum absolute atomic E-state index is 0.0780. The molecule has 0 spiro atoms. The Morgan fingerprint density at radius 2 is 1.72 bits per heavy atom. The molecule has 1 saturated heterocycles. The van der Waals surface area contributed by atoms with Crippen molar-refractivity contribution in [2.75, 3.05) is 40.9 Å². The first-order valence-corrected chi connectivity index (χ1v) is 17.2. The monoisotopic (exact) mass is 613 g/mol. The number of amides is 1. The van der Waals surface area contributed by atoms with E-state index in [1.807, 2.05) is 0 Å². The molecule has 2 aromatic rings. The summed E-state index contributed by atoms with van der Waals surface area (Å²) < 4.78 is 40.5. The highest BCUT2D eigenvalue weighted by molar-refractivity contribution is 7.89. The highest BCUT2D eigenvalue weighted by Crippen LogP contribution is 2.43. The Balaban J connectivity index is 1.27. The van der Waals surface area contributed by atoms with Crippen molar-refractivity contribution in [1.29, 1.82) is 0 Å². The van der Waals surface area contributed by atoms with E-state index in [-0.39, 0.29) is 24.1 Å². The number of benzene rings is 2. The predicted molar refractivity (Wildman–Crippen MR) is 171 cm³/mol. The van der Waals surface area contributed by atoms with E-state index in [4.69, 9.17) is 9.47 Å². The highest BCUT2D eigenvalue weighted by atomic mass is 32.2. The van der Waals surface area contributed by atoms with Gasteiger partial charge in [-0.2, -0.15) is 4.31 Å². The van der Waals surface area contributed by atoms with Crippen molar-refractivity contribution in [3.63, 3.8) is 0 Å². The third-order valence-corrected chi connectivity index (χ3v) is 11.9. The lowest BCUT2D eigenvalue weighted by Gasteiger charge is -2.45. The molecule has 4 rings (SSSR count). The van der Waals surface area contributed by atoms with Crippen LogP contribution in [0.15, 0.2) is 47.4 Å². The van der Waals surface area contributed by atoms with Crippen molar-refractivity contribution in [2.24, 2.45) is 5.92 Å². The molecule has 1 saturated carbocycles. The van der Waals surface area contributed by atoms with Gasteiger partial charge in [-0.3, -0.25) is 9.69 Å². The zero-order valence-electron chi connectivity index (χ0n) is 26.9. The average molecular weight is 614 g/mol. The van der Waals surface area contributed by atoms with Crippen LogP contribution in [0.1, 0.15) is 75.0 Å². The van der Waals surface area contributed by atoms with Crippen molar-refractivity contribution in [3.8, 4) is 5.75 Å². The van der Waals surface area contributed by atoms with Gasteiger partial charge in [-0.1, -0.05) is 36.8 Å². The number of carbonyl (C=O) groups excluding carboxylic acids is 1. The van der Waals surface area contributed by atoms with Crippen LogP contribution in [0.4, 0.5) is 0 Å². The molecule has 2 aliphatic rings. The topological polar surface area (TPSA) is 88.2 Å². The van der Waals surface area contributed by atoms with Crippen molar-refractivity contribution in [1.82, 2.24) is 14.5 Å². The number of piperidine rings is 1. The number of methoxy groups -OCH3 is 1. The quantitative estimate of drug-likeness (QED) is 0.344. The van der Waals surface area contributed by atoms with Crippen molar-refractivity contribution >= 4 is 15.9 Å². The number of carbonyl (C=O) groups is 1. The van der Waals surface area contributed by atoms with Crippen molar-refractivity contribution in [2.45, 2.75) is 94.7 Å². The lowest BCUT2D eigenvalue weighted by molar-refractivity contribution is -0.132. The summed E-state index contributed by atoms with van der Waals surface area (Å²) in [5.41, 5.74) is 2.80. The Morgan fingerprint density at radius 1 is 1.07 bits per heavy atom. The van der Waals surface area contributed by atoms with Gasteiger partial charge in [-0.05, 0) is 115 Å². The fourth-order valence-electron chi connectivity index (χ4n) is 7.07. The number of sulfonamides is 1. The normalized spacial score (nSPS) is 24.1. The summed E-state index contributed by atoms with van der Waals surface area (Å²) in [6, 6.07) is 14.0. The maximum absolute atomic E-state index is 13.8. The van der Waals surface area contributed by atoms with Crippen LogP contribution in [0.3, 0.4) is 0 Å².